The number of piperidine rings is 1. The van der Waals surface area contributed by atoms with Crippen LogP contribution >= 0.6 is 0 Å². The molecule has 0 amide bonds. The van der Waals surface area contributed by atoms with Crippen LogP contribution in [0.1, 0.15) is 31.6 Å². The largest absolute Gasteiger partial charge is 0.468 e. The van der Waals surface area contributed by atoms with Crippen LogP contribution < -0.4 is 5.32 Å². The summed E-state index contributed by atoms with van der Waals surface area (Å²) >= 11 is 0. The molecule has 4 heteroatoms. The van der Waals surface area contributed by atoms with Crippen LogP contribution in [0.2, 0.25) is 0 Å². The van der Waals surface area contributed by atoms with Gasteiger partial charge in [-0.05, 0) is 38.4 Å². The van der Waals surface area contributed by atoms with Crippen LogP contribution in [0.4, 0.5) is 0 Å². The quantitative estimate of drug-likeness (QED) is 0.841. The molecule has 18 heavy (non-hydrogen) atoms. The maximum absolute atomic E-state index is 5.43. The lowest BCUT2D eigenvalue weighted by atomic mass is 10.1. The van der Waals surface area contributed by atoms with Crippen LogP contribution in [0.3, 0.4) is 0 Å². The molecule has 0 bridgehead atoms. The van der Waals surface area contributed by atoms with E-state index in [9.17, 15) is 0 Å². The molecule has 1 aliphatic rings. The van der Waals surface area contributed by atoms with Crippen LogP contribution in [0.15, 0.2) is 22.8 Å². The van der Waals surface area contributed by atoms with Gasteiger partial charge in [-0.1, -0.05) is 0 Å². The van der Waals surface area contributed by atoms with Crippen molar-refractivity contribution in [1.29, 1.82) is 0 Å². The molecule has 0 aromatic carbocycles. The van der Waals surface area contributed by atoms with Crippen molar-refractivity contribution >= 4 is 0 Å². The molecule has 0 saturated carbocycles. The molecule has 1 aliphatic heterocycles. The number of hydrogen-bond donors (Lipinski definition) is 1. The van der Waals surface area contributed by atoms with Crippen LogP contribution in [0, 0.1) is 0 Å². The Morgan fingerprint density at radius 3 is 3.22 bits per heavy atom. The van der Waals surface area contributed by atoms with E-state index in [0.29, 0.717) is 6.10 Å². The Balaban J connectivity index is 1.66. The van der Waals surface area contributed by atoms with E-state index in [1.54, 1.807) is 6.26 Å². The molecule has 0 spiro atoms. The molecule has 102 valence electrons. The lowest BCUT2D eigenvalue weighted by Crippen LogP contribution is -2.42. The van der Waals surface area contributed by atoms with Gasteiger partial charge in [-0.25, -0.2) is 0 Å². The highest BCUT2D eigenvalue weighted by atomic mass is 16.5. The molecule has 2 atom stereocenters. The SMILES string of the molecule is COC1CCCN(CCNC(C)c2ccco2)C1. The number of nitrogens with one attached hydrogen (secondary N) is 1. The highest BCUT2D eigenvalue weighted by molar-refractivity contribution is 5.02. The van der Waals surface area contributed by atoms with E-state index in [2.05, 4.69) is 17.1 Å². The standard InChI is InChI=1S/C14H24N2O2/c1-12(14-6-4-10-18-14)15-7-9-16-8-3-5-13(11-16)17-2/h4,6,10,12-13,15H,3,5,7-9,11H2,1-2H3. The van der Waals surface area contributed by atoms with Gasteiger partial charge in [-0.2, -0.15) is 0 Å². The van der Waals surface area contributed by atoms with E-state index < -0.39 is 0 Å². The van der Waals surface area contributed by atoms with Gasteiger partial charge < -0.3 is 14.5 Å². The molecule has 0 aliphatic carbocycles. The van der Waals surface area contributed by atoms with Crippen molar-refractivity contribution in [1.82, 2.24) is 10.2 Å². The molecular weight excluding hydrogens is 228 g/mol. The summed E-state index contributed by atoms with van der Waals surface area (Å²) in [5.74, 6) is 1.00. The van der Waals surface area contributed by atoms with Crippen molar-refractivity contribution < 1.29 is 9.15 Å². The molecule has 2 heterocycles. The summed E-state index contributed by atoms with van der Waals surface area (Å²) in [6.07, 6.45) is 4.58. The van der Waals surface area contributed by atoms with Gasteiger partial charge in [0.25, 0.3) is 0 Å². The summed E-state index contributed by atoms with van der Waals surface area (Å²) in [6.45, 7) is 6.44. The molecule has 0 radical (unpaired) electrons. The molecular formula is C14H24N2O2. The Morgan fingerprint density at radius 1 is 1.61 bits per heavy atom. The lowest BCUT2D eigenvalue weighted by molar-refractivity contribution is 0.0316. The van der Waals surface area contributed by atoms with E-state index in [0.717, 1.165) is 25.4 Å². The second-order valence-corrected chi connectivity index (χ2v) is 4.99. The van der Waals surface area contributed by atoms with Gasteiger partial charge in [0, 0.05) is 26.7 Å². The maximum Gasteiger partial charge on any atom is 0.120 e. The molecule has 4 nitrogen and oxygen atoms in total. The summed E-state index contributed by atoms with van der Waals surface area (Å²) in [7, 11) is 1.81. The topological polar surface area (TPSA) is 37.6 Å². The van der Waals surface area contributed by atoms with Crippen LogP contribution in [-0.4, -0.2) is 44.3 Å². The molecule has 1 saturated heterocycles. The molecule has 1 fully saturated rings. The van der Waals surface area contributed by atoms with Crippen molar-refractivity contribution in [3.63, 3.8) is 0 Å². The van der Waals surface area contributed by atoms with E-state index in [4.69, 9.17) is 9.15 Å². The van der Waals surface area contributed by atoms with Crippen molar-refractivity contribution in [2.24, 2.45) is 0 Å². The van der Waals surface area contributed by atoms with Gasteiger partial charge in [0.1, 0.15) is 5.76 Å². The van der Waals surface area contributed by atoms with Crippen molar-refractivity contribution in [3.05, 3.63) is 24.2 Å². The molecule has 1 aromatic rings. The fourth-order valence-electron chi connectivity index (χ4n) is 2.49. The second-order valence-electron chi connectivity index (χ2n) is 4.99. The Bertz CT molecular complexity index is 327. The first-order valence-electron chi connectivity index (χ1n) is 6.81. The molecule has 1 aromatic heterocycles. The minimum Gasteiger partial charge on any atom is -0.468 e. The second kappa shape index (κ2) is 6.92. The van der Waals surface area contributed by atoms with Gasteiger partial charge in [0.2, 0.25) is 0 Å². The Kier molecular flexibility index (Phi) is 5.23. The fourth-order valence-corrected chi connectivity index (χ4v) is 2.49. The number of hydrogen-bond acceptors (Lipinski definition) is 4. The Hall–Kier alpha value is -0.840. The van der Waals surface area contributed by atoms with Crippen molar-refractivity contribution in [3.8, 4) is 0 Å². The zero-order valence-corrected chi connectivity index (χ0v) is 11.4. The molecule has 1 N–H and O–H groups in total. The molecule has 2 rings (SSSR count). The first kappa shape index (κ1) is 13.6. The predicted molar refractivity (Wildman–Crippen MR) is 71.6 cm³/mol. The van der Waals surface area contributed by atoms with E-state index >= 15 is 0 Å². The highest BCUT2D eigenvalue weighted by Gasteiger charge is 2.19. The zero-order chi connectivity index (χ0) is 12.8. The highest BCUT2D eigenvalue weighted by Crippen LogP contribution is 2.13. The predicted octanol–water partition coefficient (Wildman–Crippen LogP) is 2.04. The van der Waals surface area contributed by atoms with Gasteiger partial charge in [0.05, 0.1) is 18.4 Å². The third kappa shape index (κ3) is 3.83. The Morgan fingerprint density at radius 2 is 2.50 bits per heavy atom. The van der Waals surface area contributed by atoms with Gasteiger partial charge in [-0.3, -0.25) is 4.90 Å². The first-order chi connectivity index (χ1) is 8.79. The number of methoxy groups -OCH3 is 1. The van der Waals surface area contributed by atoms with Gasteiger partial charge in [-0.15, -0.1) is 0 Å². The van der Waals surface area contributed by atoms with Crippen molar-refractivity contribution in [2.45, 2.75) is 31.9 Å². The third-order valence-electron chi connectivity index (χ3n) is 3.64. The fraction of sp³-hybridized carbons (Fsp3) is 0.714. The summed E-state index contributed by atoms with van der Waals surface area (Å²) < 4.78 is 10.8. The third-order valence-corrected chi connectivity index (χ3v) is 3.64. The average molecular weight is 252 g/mol. The maximum atomic E-state index is 5.43. The van der Waals surface area contributed by atoms with Crippen LogP contribution in [0.25, 0.3) is 0 Å². The zero-order valence-electron chi connectivity index (χ0n) is 11.4. The number of nitrogens with zero attached hydrogens (tertiary/aromatic N) is 1. The van der Waals surface area contributed by atoms with Gasteiger partial charge >= 0.3 is 0 Å². The minimum absolute atomic E-state index is 0.281. The van der Waals surface area contributed by atoms with E-state index in [1.807, 2.05) is 19.2 Å². The minimum atomic E-state index is 0.281. The van der Waals surface area contributed by atoms with Crippen LogP contribution in [-0.2, 0) is 4.74 Å². The summed E-state index contributed by atoms with van der Waals surface area (Å²) in [4.78, 5) is 2.47. The average Bonchev–Trinajstić information content (AvgIpc) is 2.93. The summed E-state index contributed by atoms with van der Waals surface area (Å²) in [5.41, 5.74) is 0. The van der Waals surface area contributed by atoms with E-state index in [1.165, 1.54) is 19.4 Å². The Labute approximate surface area is 109 Å². The normalized spacial score (nSPS) is 23.1. The van der Waals surface area contributed by atoms with Gasteiger partial charge in [0.15, 0.2) is 0 Å². The first-order valence-corrected chi connectivity index (χ1v) is 6.81. The van der Waals surface area contributed by atoms with E-state index in [-0.39, 0.29) is 6.04 Å². The lowest BCUT2D eigenvalue weighted by Gasteiger charge is -2.32. The van der Waals surface area contributed by atoms with Crippen LogP contribution in [0.5, 0.6) is 0 Å². The number of ether oxygens (including phenoxy) is 1. The monoisotopic (exact) mass is 252 g/mol. The smallest absolute Gasteiger partial charge is 0.120 e. The summed E-state index contributed by atoms with van der Waals surface area (Å²) in [6, 6.07) is 4.23. The summed E-state index contributed by atoms with van der Waals surface area (Å²) in [5, 5.41) is 3.49. The number of furan rings is 1. The number of rotatable bonds is 6. The molecule has 2 unspecified atom stereocenters. The number of likely N-dealkylation sites (tertiary alicyclic amines) is 1. The van der Waals surface area contributed by atoms with Crippen molar-refractivity contribution in [2.75, 3.05) is 33.3 Å².